The molecule has 5 rings (SSSR count). The van der Waals surface area contributed by atoms with E-state index in [4.69, 9.17) is 12.2 Å². The van der Waals surface area contributed by atoms with Crippen LogP contribution in [0.5, 0.6) is 0 Å². The number of nitrogens with zero attached hydrogens (tertiary/aromatic N) is 3. The average molecular weight is 517 g/mol. The van der Waals surface area contributed by atoms with E-state index in [1.807, 2.05) is 24.4 Å². The highest BCUT2D eigenvalue weighted by molar-refractivity contribution is 9.10. The van der Waals surface area contributed by atoms with Crippen molar-refractivity contribution in [1.82, 2.24) is 14.9 Å². The van der Waals surface area contributed by atoms with Gasteiger partial charge in [0, 0.05) is 33.9 Å². The van der Waals surface area contributed by atoms with Crippen LogP contribution in [0, 0.1) is 0 Å². The lowest BCUT2D eigenvalue weighted by Gasteiger charge is -2.29. The third kappa shape index (κ3) is 4.21. The molecule has 3 heterocycles. The van der Waals surface area contributed by atoms with Crippen molar-refractivity contribution in [2.24, 2.45) is 0 Å². The van der Waals surface area contributed by atoms with Crippen LogP contribution in [0.3, 0.4) is 0 Å². The molecule has 33 heavy (non-hydrogen) atoms. The minimum absolute atomic E-state index is 0.0636. The second-order valence-electron chi connectivity index (χ2n) is 8.53. The Kier molecular flexibility index (Phi) is 6.04. The first-order valence-electron chi connectivity index (χ1n) is 11.1. The quantitative estimate of drug-likeness (QED) is 0.291. The van der Waals surface area contributed by atoms with Crippen molar-refractivity contribution >= 4 is 38.9 Å². The second kappa shape index (κ2) is 9.12. The van der Waals surface area contributed by atoms with Gasteiger partial charge in [-0.3, -0.25) is 4.98 Å². The maximum atomic E-state index is 5.89. The van der Waals surface area contributed by atoms with Crippen LogP contribution < -0.4 is 10.2 Å². The Hall–Kier alpha value is -2.96. The standard InChI is InChI=1S/C27H25BrN4S/c1-18(2)19-11-13-21(14-12-19)32-26(25(30-27(32)33)23-9-3-4-15-29-23)24-10-6-16-31(24)22-8-5-7-20(28)17-22/h3-18,25-26H,1-2H3,(H,30,33)/t25-,26+/m1/s1. The van der Waals surface area contributed by atoms with Gasteiger partial charge in [0.1, 0.15) is 6.04 Å². The number of thiocarbonyl (C=S) groups is 1. The lowest BCUT2D eigenvalue weighted by Crippen LogP contribution is -2.30. The van der Waals surface area contributed by atoms with Crippen LogP contribution in [0.15, 0.2) is 95.7 Å². The van der Waals surface area contributed by atoms with E-state index in [1.54, 1.807) is 0 Å². The Morgan fingerprint density at radius 3 is 2.45 bits per heavy atom. The number of anilines is 1. The summed E-state index contributed by atoms with van der Waals surface area (Å²) in [6, 6.07) is 27.2. The SMILES string of the molecule is CC(C)c1ccc(N2C(=S)N[C@H](c3ccccn3)[C@@H]2c2cccn2-c2cccc(Br)c2)cc1. The highest BCUT2D eigenvalue weighted by Crippen LogP contribution is 2.42. The van der Waals surface area contributed by atoms with Gasteiger partial charge in [0.15, 0.2) is 5.11 Å². The van der Waals surface area contributed by atoms with Crippen LogP contribution in [0.2, 0.25) is 0 Å². The normalized spacial score (nSPS) is 18.1. The number of rotatable bonds is 5. The van der Waals surface area contributed by atoms with Crippen LogP contribution in [0.25, 0.3) is 5.69 Å². The topological polar surface area (TPSA) is 33.1 Å². The van der Waals surface area contributed by atoms with Gasteiger partial charge in [0.2, 0.25) is 0 Å². The molecule has 0 bridgehead atoms. The number of aromatic nitrogens is 2. The van der Waals surface area contributed by atoms with Gasteiger partial charge in [-0.15, -0.1) is 0 Å². The van der Waals surface area contributed by atoms with Crippen LogP contribution in [0.1, 0.15) is 48.8 Å². The van der Waals surface area contributed by atoms with Gasteiger partial charge in [0.05, 0.1) is 11.7 Å². The lowest BCUT2D eigenvalue weighted by molar-refractivity contribution is 0.549. The average Bonchev–Trinajstić information content (AvgIpc) is 3.44. The maximum absolute atomic E-state index is 5.89. The van der Waals surface area contributed by atoms with Crippen molar-refractivity contribution in [3.05, 3.63) is 113 Å². The number of pyridine rings is 1. The molecule has 1 fully saturated rings. The molecule has 4 aromatic rings. The van der Waals surface area contributed by atoms with E-state index in [-0.39, 0.29) is 12.1 Å². The van der Waals surface area contributed by atoms with E-state index < -0.39 is 0 Å². The summed E-state index contributed by atoms with van der Waals surface area (Å²) in [6.45, 7) is 4.42. The molecule has 0 saturated carbocycles. The third-order valence-corrected chi connectivity index (χ3v) is 6.91. The number of halogens is 1. The minimum atomic E-state index is -0.0794. The molecule has 1 N–H and O–H groups in total. The number of hydrogen-bond acceptors (Lipinski definition) is 2. The fourth-order valence-corrected chi connectivity index (χ4v) is 5.18. The maximum Gasteiger partial charge on any atom is 0.174 e. The van der Waals surface area contributed by atoms with E-state index in [0.717, 1.165) is 27.2 Å². The summed E-state index contributed by atoms with van der Waals surface area (Å²) in [5, 5.41) is 4.26. The van der Waals surface area contributed by atoms with Crippen LogP contribution in [-0.4, -0.2) is 14.7 Å². The minimum Gasteiger partial charge on any atom is -0.351 e. The van der Waals surface area contributed by atoms with E-state index >= 15 is 0 Å². The van der Waals surface area contributed by atoms with Crippen molar-refractivity contribution in [1.29, 1.82) is 0 Å². The van der Waals surface area contributed by atoms with E-state index in [9.17, 15) is 0 Å². The molecule has 0 aliphatic carbocycles. The first kappa shape index (κ1) is 21.9. The summed E-state index contributed by atoms with van der Waals surface area (Å²) in [7, 11) is 0. The first-order chi connectivity index (χ1) is 16.0. The zero-order valence-electron chi connectivity index (χ0n) is 18.5. The van der Waals surface area contributed by atoms with Crippen molar-refractivity contribution in [2.45, 2.75) is 31.8 Å². The van der Waals surface area contributed by atoms with Gasteiger partial charge in [-0.05, 0) is 78.3 Å². The van der Waals surface area contributed by atoms with Gasteiger partial charge in [-0.1, -0.05) is 54.0 Å². The Bertz CT molecular complexity index is 1270. The van der Waals surface area contributed by atoms with Gasteiger partial charge in [-0.25, -0.2) is 0 Å². The predicted octanol–water partition coefficient (Wildman–Crippen LogP) is 6.94. The molecule has 1 saturated heterocycles. The molecule has 2 aromatic carbocycles. The van der Waals surface area contributed by atoms with Crippen LogP contribution in [-0.2, 0) is 0 Å². The molecule has 4 nitrogen and oxygen atoms in total. The molecule has 1 aliphatic heterocycles. The molecule has 2 atom stereocenters. The number of nitrogens with one attached hydrogen (secondary N) is 1. The molecule has 6 heteroatoms. The summed E-state index contributed by atoms with van der Waals surface area (Å²) < 4.78 is 3.28. The first-order valence-corrected chi connectivity index (χ1v) is 12.3. The Labute approximate surface area is 208 Å². The number of hydrogen-bond donors (Lipinski definition) is 1. The predicted molar refractivity (Wildman–Crippen MR) is 142 cm³/mol. The van der Waals surface area contributed by atoms with Gasteiger partial charge in [-0.2, -0.15) is 0 Å². The molecule has 0 spiro atoms. The van der Waals surface area contributed by atoms with Gasteiger partial charge >= 0.3 is 0 Å². The lowest BCUT2D eigenvalue weighted by atomic mass is 9.99. The summed E-state index contributed by atoms with van der Waals surface area (Å²) in [6.07, 6.45) is 3.94. The summed E-state index contributed by atoms with van der Waals surface area (Å²) in [5.74, 6) is 0.480. The third-order valence-electron chi connectivity index (χ3n) is 6.11. The monoisotopic (exact) mass is 516 g/mol. The Balaban J connectivity index is 1.64. The molecule has 0 radical (unpaired) electrons. The molecular formula is C27H25BrN4S. The number of benzene rings is 2. The van der Waals surface area contributed by atoms with Crippen molar-refractivity contribution in [3.8, 4) is 5.69 Å². The van der Waals surface area contributed by atoms with E-state index in [0.29, 0.717) is 11.0 Å². The summed E-state index contributed by atoms with van der Waals surface area (Å²) in [5.41, 5.74) is 5.59. The van der Waals surface area contributed by atoms with Crippen molar-refractivity contribution in [2.75, 3.05) is 4.90 Å². The van der Waals surface area contributed by atoms with Crippen LogP contribution in [0.4, 0.5) is 5.69 Å². The smallest absolute Gasteiger partial charge is 0.174 e. The largest absolute Gasteiger partial charge is 0.351 e. The highest BCUT2D eigenvalue weighted by atomic mass is 79.9. The summed E-state index contributed by atoms with van der Waals surface area (Å²) in [4.78, 5) is 6.90. The molecule has 1 aliphatic rings. The van der Waals surface area contributed by atoms with E-state index in [1.165, 1.54) is 5.56 Å². The molecular weight excluding hydrogens is 492 g/mol. The Morgan fingerprint density at radius 1 is 0.939 bits per heavy atom. The fourth-order valence-electron chi connectivity index (χ4n) is 4.45. The zero-order valence-corrected chi connectivity index (χ0v) is 20.9. The van der Waals surface area contributed by atoms with Crippen molar-refractivity contribution < 1.29 is 0 Å². The molecule has 2 aromatic heterocycles. The molecule has 0 amide bonds. The molecule has 0 unspecified atom stereocenters. The summed E-state index contributed by atoms with van der Waals surface area (Å²) >= 11 is 9.50. The highest BCUT2D eigenvalue weighted by Gasteiger charge is 2.42. The fraction of sp³-hybridized carbons (Fsp3) is 0.185. The van der Waals surface area contributed by atoms with Gasteiger partial charge in [0.25, 0.3) is 0 Å². The van der Waals surface area contributed by atoms with E-state index in [2.05, 4.69) is 116 Å². The Morgan fingerprint density at radius 2 is 1.76 bits per heavy atom. The second-order valence-corrected chi connectivity index (χ2v) is 9.83. The van der Waals surface area contributed by atoms with Crippen LogP contribution >= 0.6 is 28.1 Å². The van der Waals surface area contributed by atoms with Gasteiger partial charge < -0.3 is 14.8 Å². The zero-order chi connectivity index (χ0) is 22.9. The van der Waals surface area contributed by atoms with Crippen molar-refractivity contribution in [3.63, 3.8) is 0 Å². The molecule has 166 valence electrons.